The number of thioether (sulfide) groups is 1. The van der Waals surface area contributed by atoms with Gasteiger partial charge in [-0.25, -0.2) is 4.57 Å². The Labute approximate surface area is 207 Å². The first-order valence-corrected chi connectivity index (χ1v) is 12.2. The fraction of sp³-hybridized carbons (Fsp3) is 0.350. The van der Waals surface area contributed by atoms with Gasteiger partial charge in [0.15, 0.2) is 24.1 Å². The molecule has 4 heterocycles. The fourth-order valence-corrected chi connectivity index (χ4v) is 5.34. The predicted octanol–water partition coefficient (Wildman–Crippen LogP) is -2.26. The lowest BCUT2D eigenvalue weighted by Gasteiger charge is -2.50. The molecule has 0 aromatic carbocycles. The number of aromatic nitrogens is 3. The molecule has 15 heteroatoms. The average molecular weight is 520 g/mol. The Balaban J connectivity index is 1.52. The third kappa shape index (κ3) is 4.96. The number of nitrogens with two attached hydrogens (primary N) is 1. The Bertz CT molecular complexity index is 1210. The highest BCUT2D eigenvalue weighted by Gasteiger charge is 2.53. The number of amides is 2. The van der Waals surface area contributed by atoms with Crippen molar-refractivity contribution in [2.75, 3.05) is 18.1 Å². The number of β-lactam (4-membered cyclic amide) rings is 1. The third-order valence-electron chi connectivity index (χ3n) is 5.20. The molecule has 4 rings (SSSR count). The minimum atomic E-state index is -1.48. The van der Waals surface area contributed by atoms with Crippen molar-refractivity contribution in [3.63, 3.8) is 0 Å². The molecular formula is C20H21N7O6S2. The highest BCUT2D eigenvalue weighted by Crippen LogP contribution is 2.40. The molecule has 35 heavy (non-hydrogen) atoms. The molecule has 0 saturated carbocycles. The number of aliphatic hydroxyl groups excluding tert-OH is 1. The van der Waals surface area contributed by atoms with Crippen molar-refractivity contribution < 1.29 is 34.0 Å². The second-order valence-electron chi connectivity index (χ2n) is 7.45. The standard InChI is InChI=1S/C20H21N7O6S2/c1-2-33-24-12(15-23-20(21)35-25-15)16(29)22-13-17(30)27-14(19(31)32)11(9-34-18(13)27)7-26-5-3-10(8-28)4-6-26/h3-6,13,18,28H,2,7-9H2,1H3,(H3-,21,22,23,25,29,31,32)/b24-12-/t13?,18-/m1/s1. The Hall–Kier alpha value is -3.56. The van der Waals surface area contributed by atoms with Crippen LogP contribution in [0.4, 0.5) is 5.13 Å². The van der Waals surface area contributed by atoms with Crippen LogP contribution in [0.5, 0.6) is 0 Å². The van der Waals surface area contributed by atoms with Crippen LogP contribution in [-0.4, -0.2) is 66.6 Å². The van der Waals surface area contributed by atoms with Gasteiger partial charge in [-0.15, -0.1) is 11.8 Å². The number of oxime groups is 1. The van der Waals surface area contributed by atoms with E-state index >= 15 is 0 Å². The lowest BCUT2D eigenvalue weighted by Crippen LogP contribution is -2.71. The molecule has 0 bridgehead atoms. The first-order chi connectivity index (χ1) is 16.8. The third-order valence-corrected chi connectivity index (χ3v) is 7.08. The molecule has 1 unspecified atom stereocenters. The number of carboxylic acids is 1. The zero-order valence-electron chi connectivity index (χ0n) is 18.4. The number of rotatable bonds is 9. The van der Waals surface area contributed by atoms with Gasteiger partial charge in [-0.3, -0.25) is 14.5 Å². The summed E-state index contributed by atoms with van der Waals surface area (Å²) in [5.41, 5.74) is 6.35. The first kappa shape index (κ1) is 24.6. The van der Waals surface area contributed by atoms with E-state index in [1.807, 2.05) is 0 Å². The highest BCUT2D eigenvalue weighted by molar-refractivity contribution is 8.00. The van der Waals surface area contributed by atoms with E-state index in [1.165, 1.54) is 11.8 Å². The monoisotopic (exact) mass is 519 g/mol. The SMILES string of the molecule is CCO/N=C(\C(=O)NC1C(=O)N2C(C(=O)[O-])=C(C[n+]3ccc(CO)cc3)CS[C@H]12)c1nsc(N)n1. The maximum Gasteiger partial charge on any atom is 0.278 e. The molecule has 2 atom stereocenters. The summed E-state index contributed by atoms with van der Waals surface area (Å²) in [5, 5.41) is 27.0. The summed E-state index contributed by atoms with van der Waals surface area (Å²) >= 11 is 2.20. The molecule has 4 N–H and O–H groups in total. The van der Waals surface area contributed by atoms with Crippen molar-refractivity contribution in [3.8, 4) is 0 Å². The number of hydrogen-bond acceptors (Lipinski definition) is 12. The van der Waals surface area contributed by atoms with Crippen LogP contribution in [0.25, 0.3) is 0 Å². The van der Waals surface area contributed by atoms with Crippen LogP contribution in [0, 0.1) is 0 Å². The van der Waals surface area contributed by atoms with Crippen molar-refractivity contribution in [3.05, 3.63) is 47.2 Å². The van der Waals surface area contributed by atoms with Gasteiger partial charge >= 0.3 is 0 Å². The Morgan fingerprint density at radius 2 is 2.17 bits per heavy atom. The number of anilines is 1. The zero-order chi connectivity index (χ0) is 25.1. The molecule has 2 aromatic rings. The van der Waals surface area contributed by atoms with Crippen LogP contribution >= 0.6 is 23.3 Å². The van der Waals surface area contributed by atoms with Crippen LogP contribution in [0.3, 0.4) is 0 Å². The van der Waals surface area contributed by atoms with Crippen molar-refractivity contribution in [2.24, 2.45) is 5.16 Å². The van der Waals surface area contributed by atoms with Gasteiger partial charge in [0.2, 0.25) is 11.5 Å². The summed E-state index contributed by atoms with van der Waals surface area (Å²) in [6.45, 7) is 1.98. The maximum atomic E-state index is 12.9. The number of carbonyl (C=O) groups is 3. The van der Waals surface area contributed by atoms with Gasteiger partial charge in [-0.2, -0.15) is 9.36 Å². The Morgan fingerprint density at radius 1 is 1.43 bits per heavy atom. The molecule has 184 valence electrons. The summed E-state index contributed by atoms with van der Waals surface area (Å²) in [5.74, 6) is -2.55. The summed E-state index contributed by atoms with van der Waals surface area (Å²) in [7, 11) is 0. The van der Waals surface area contributed by atoms with Gasteiger partial charge in [0.05, 0.1) is 18.3 Å². The lowest BCUT2D eigenvalue weighted by molar-refractivity contribution is -0.689. The molecule has 0 spiro atoms. The summed E-state index contributed by atoms with van der Waals surface area (Å²) < 4.78 is 5.70. The number of hydrogen-bond donors (Lipinski definition) is 3. The zero-order valence-corrected chi connectivity index (χ0v) is 20.0. The Kier molecular flexibility index (Phi) is 7.28. The number of pyridine rings is 1. The van der Waals surface area contributed by atoms with E-state index in [2.05, 4.69) is 19.8 Å². The van der Waals surface area contributed by atoms with Gasteiger partial charge in [-0.05, 0) is 12.5 Å². The molecule has 2 aliphatic rings. The average Bonchev–Trinajstić information content (AvgIpc) is 3.28. The summed E-state index contributed by atoms with van der Waals surface area (Å²) in [6.07, 6.45) is 3.42. The number of carboxylic acid groups (broad SMARTS) is 1. The highest BCUT2D eigenvalue weighted by atomic mass is 32.2. The van der Waals surface area contributed by atoms with E-state index < -0.39 is 29.2 Å². The predicted molar refractivity (Wildman–Crippen MR) is 122 cm³/mol. The van der Waals surface area contributed by atoms with Crippen molar-refractivity contribution >= 4 is 51.9 Å². The first-order valence-electron chi connectivity index (χ1n) is 10.4. The molecule has 1 fully saturated rings. The van der Waals surface area contributed by atoms with Gasteiger partial charge in [0.1, 0.15) is 18.0 Å². The minimum Gasteiger partial charge on any atom is -0.543 e. The minimum absolute atomic E-state index is 0.0415. The molecule has 0 radical (unpaired) electrons. The number of aliphatic carboxylic acids is 1. The van der Waals surface area contributed by atoms with Crippen LogP contribution in [-0.2, 0) is 32.4 Å². The summed E-state index contributed by atoms with van der Waals surface area (Å²) in [6, 6.07) is 2.44. The van der Waals surface area contributed by atoms with Crippen LogP contribution in [0.15, 0.2) is 41.0 Å². The lowest BCUT2D eigenvalue weighted by atomic mass is 10.0. The summed E-state index contributed by atoms with van der Waals surface area (Å²) in [4.78, 5) is 47.8. The maximum absolute atomic E-state index is 12.9. The van der Waals surface area contributed by atoms with E-state index in [-0.39, 0.29) is 42.1 Å². The number of aliphatic hydroxyl groups is 1. The Morgan fingerprint density at radius 3 is 2.77 bits per heavy atom. The second-order valence-corrected chi connectivity index (χ2v) is 9.34. The second kappa shape index (κ2) is 10.4. The number of carbonyl (C=O) groups excluding carboxylic acids is 3. The smallest absolute Gasteiger partial charge is 0.278 e. The van der Waals surface area contributed by atoms with Crippen LogP contribution < -0.4 is 20.7 Å². The van der Waals surface area contributed by atoms with Crippen molar-refractivity contribution in [1.82, 2.24) is 19.6 Å². The van der Waals surface area contributed by atoms with Crippen molar-refractivity contribution in [2.45, 2.75) is 31.5 Å². The van der Waals surface area contributed by atoms with Crippen LogP contribution in [0.1, 0.15) is 18.3 Å². The van der Waals surface area contributed by atoms with Crippen LogP contribution in [0.2, 0.25) is 0 Å². The van der Waals surface area contributed by atoms with E-state index in [4.69, 9.17) is 10.6 Å². The fourth-order valence-electron chi connectivity index (χ4n) is 3.57. The largest absolute Gasteiger partial charge is 0.543 e. The van der Waals surface area contributed by atoms with Gasteiger partial charge < -0.3 is 30.9 Å². The van der Waals surface area contributed by atoms with Gasteiger partial charge in [0.25, 0.3) is 11.8 Å². The van der Waals surface area contributed by atoms with E-state index in [1.54, 1.807) is 36.0 Å². The molecule has 2 aromatic heterocycles. The topological polar surface area (TPSA) is 187 Å². The normalized spacial score (nSPS) is 19.8. The molecule has 13 nitrogen and oxygen atoms in total. The molecule has 2 amide bonds. The van der Waals surface area contributed by atoms with E-state index in [0.29, 0.717) is 16.9 Å². The van der Waals surface area contributed by atoms with Gasteiger partial charge in [0, 0.05) is 35.0 Å². The number of fused-ring (bicyclic) bond motifs is 1. The van der Waals surface area contributed by atoms with E-state index in [9.17, 15) is 24.6 Å². The molecule has 1 saturated heterocycles. The molecule has 2 aliphatic heterocycles. The van der Waals surface area contributed by atoms with E-state index in [0.717, 1.165) is 16.4 Å². The van der Waals surface area contributed by atoms with Crippen molar-refractivity contribution in [1.29, 1.82) is 0 Å². The number of nitrogens with zero attached hydrogens (tertiary/aromatic N) is 5. The van der Waals surface area contributed by atoms with Gasteiger partial charge in [-0.1, -0.05) is 5.16 Å². The number of nitrogens with one attached hydrogen (secondary N) is 1. The molecular weight excluding hydrogens is 498 g/mol. The quantitative estimate of drug-likeness (QED) is 0.141. The number of nitrogen functional groups attached to an aromatic ring is 1. The molecule has 0 aliphatic carbocycles.